The van der Waals surface area contributed by atoms with Crippen LogP contribution in [0.15, 0.2) is 58.4 Å². The molecule has 0 radical (unpaired) electrons. The lowest BCUT2D eigenvalue weighted by Gasteiger charge is -2.10. The monoisotopic (exact) mass is 429 g/mol. The van der Waals surface area contributed by atoms with E-state index < -0.39 is 5.91 Å². The topological polar surface area (TPSA) is 96.9 Å². The summed E-state index contributed by atoms with van der Waals surface area (Å²) in [7, 11) is 0. The lowest BCUT2D eigenvalue weighted by atomic mass is 10.2. The number of hydrogen-bond donors (Lipinski definition) is 2. The number of ether oxygens (including phenoxy) is 1. The van der Waals surface area contributed by atoms with E-state index in [-0.39, 0.29) is 23.6 Å². The zero-order valence-corrected chi connectivity index (χ0v) is 16.8. The molecule has 0 spiro atoms. The second-order valence-electron chi connectivity index (χ2n) is 5.90. The Balaban J connectivity index is 1.71. The molecule has 3 amide bonds. The summed E-state index contributed by atoms with van der Waals surface area (Å²) in [6, 6.07) is 13.9. The molecule has 3 rings (SSSR count). The van der Waals surface area contributed by atoms with E-state index in [9.17, 15) is 14.4 Å². The van der Waals surface area contributed by atoms with Crippen LogP contribution in [0, 0.1) is 0 Å². The Morgan fingerprint density at radius 3 is 2.66 bits per heavy atom. The molecule has 9 heteroatoms. The molecule has 0 unspecified atom stereocenters. The van der Waals surface area contributed by atoms with Gasteiger partial charge in [-0.1, -0.05) is 29.8 Å². The lowest BCUT2D eigenvalue weighted by molar-refractivity contribution is -0.118. The molecular formula is C20H16ClN3O4S. The van der Waals surface area contributed by atoms with Crippen LogP contribution in [0.25, 0.3) is 6.08 Å². The number of thioether (sulfide) groups is 1. The Morgan fingerprint density at radius 2 is 1.93 bits per heavy atom. The Labute approximate surface area is 176 Å². The van der Waals surface area contributed by atoms with Crippen LogP contribution in [-0.2, 0) is 14.4 Å². The minimum absolute atomic E-state index is 0.209. The lowest BCUT2D eigenvalue weighted by Crippen LogP contribution is -2.23. The highest BCUT2D eigenvalue weighted by Crippen LogP contribution is 2.31. The van der Waals surface area contributed by atoms with Crippen molar-refractivity contribution in [2.45, 2.75) is 6.92 Å². The normalized spacial score (nSPS) is 14.5. The van der Waals surface area contributed by atoms with Crippen molar-refractivity contribution >= 4 is 58.0 Å². The zero-order chi connectivity index (χ0) is 20.8. The summed E-state index contributed by atoms with van der Waals surface area (Å²) in [5.41, 5.74) is 1.18. The number of anilines is 1. The fourth-order valence-electron chi connectivity index (χ4n) is 2.38. The number of aliphatic imine (C=N–C) groups is 1. The van der Waals surface area contributed by atoms with E-state index in [0.717, 1.165) is 11.8 Å². The molecule has 1 aliphatic rings. The van der Waals surface area contributed by atoms with Gasteiger partial charge in [0.2, 0.25) is 5.91 Å². The van der Waals surface area contributed by atoms with Gasteiger partial charge in [0.05, 0.1) is 4.91 Å². The maximum Gasteiger partial charge on any atom is 0.286 e. The number of amides is 3. The van der Waals surface area contributed by atoms with Crippen molar-refractivity contribution in [3.05, 3.63) is 64.0 Å². The van der Waals surface area contributed by atoms with Gasteiger partial charge in [-0.2, -0.15) is 4.99 Å². The second kappa shape index (κ2) is 9.40. The minimum atomic E-state index is -0.480. The number of nitrogens with one attached hydrogen (secondary N) is 2. The first-order valence-corrected chi connectivity index (χ1v) is 9.67. The quantitative estimate of drug-likeness (QED) is 0.709. The minimum Gasteiger partial charge on any atom is -0.483 e. The molecule has 0 aliphatic carbocycles. The molecule has 7 nitrogen and oxygen atoms in total. The molecule has 0 atom stereocenters. The highest BCUT2D eigenvalue weighted by Gasteiger charge is 2.23. The van der Waals surface area contributed by atoms with Gasteiger partial charge in [-0.3, -0.25) is 14.4 Å². The van der Waals surface area contributed by atoms with Crippen LogP contribution in [-0.4, -0.2) is 29.5 Å². The first kappa shape index (κ1) is 20.6. The van der Waals surface area contributed by atoms with E-state index in [1.54, 1.807) is 36.4 Å². The van der Waals surface area contributed by atoms with Gasteiger partial charge in [0.25, 0.3) is 11.8 Å². The van der Waals surface area contributed by atoms with E-state index >= 15 is 0 Å². The number of carbonyl (C=O) groups excluding carboxylic acids is 3. The number of carbonyl (C=O) groups is 3. The smallest absolute Gasteiger partial charge is 0.286 e. The van der Waals surface area contributed by atoms with Crippen LogP contribution >= 0.6 is 23.4 Å². The SMILES string of the molecule is CC(=O)NC1=NC(=O)/C(=C/c2cc(Cl)ccc2OCC(=O)Nc2ccccc2)S1. The largest absolute Gasteiger partial charge is 0.483 e. The summed E-state index contributed by atoms with van der Waals surface area (Å²) in [5, 5.41) is 5.85. The predicted octanol–water partition coefficient (Wildman–Crippen LogP) is 3.46. The molecule has 0 bridgehead atoms. The van der Waals surface area contributed by atoms with Gasteiger partial charge in [-0.15, -0.1) is 0 Å². The third kappa shape index (κ3) is 5.94. The maximum absolute atomic E-state index is 12.1. The Bertz CT molecular complexity index is 1020. The summed E-state index contributed by atoms with van der Waals surface area (Å²) in [6.07, 6.45) is 1.56. The Morgan fingerprint density at radius 1 is 1.17 bits per heavy atom. The third-order valence-electron chi connectivity index (χ3n) is 3.58. The molecule has 0 saturated heterocycles. The van der Waals surface area contributed by atoms with Crippen LogP contribution in [0.5, 0.6) is 5.75 Å². The van der Waals surface area contributed by atoms with Crippen molar-refractivity contribution in [3.63, 3.8) is 0 Å². The summed E-state index contributed by atoms with van der Waals surface area (Å²) in [4.78, 5) is 39.4. The number of nitrogens with zero attached hydrogens (tertiary/aromatic N) is 1. The number of benzene rings is 2. The van der Waals surface area contributed by atoms with Gasteiger partial charge < -0.3 is 15.4 Å². The number of hydrogen-bond acceptors (Lipinski definition) is 5. The van der Waals surface area contributed by atoms with Crippen LogP contribution in [0.3, 0.4) is 0 Å². The van der Waals surface area contributed by atoms with E-state index in [4.69, 9.17) is 16.3 Å². The van der Waals surface area contributed by atoms with Gasteiger partial charge >= 0.3 is 0 Å². The molecule has 1 heterocycles. The molecule has 2 N–H and O–H groups in total. The molecule has 0 saturated carbocycles. The van der Waals surface area contributed by atoms with Crippen molar-refractivity contribution in [3.8, 4) is 5.75 Å². The number of rotatable bonds is 5. The van der Waals surface area contributed by atoms with Gasteiger partial charge in [0.15, 0.2) is 11.8 Å². The molecule has 2 aromatic carbocycles. The molecule has 29 heavy (non-hydrogen) atoms. The zero-order valence-electron chi connectivity index (χ0n) is 15.3. The highest BCUT2D eigenvalue weighted by atomic mass is 35.5. The fourth-order valence-corrected chi connectivity index (χ4v) is 3.41. The third-order valence-corrected chi connectivity index (χ3v) is 4.71. The van der Waals surface area contributed by atoms with E-state index in [2.05, 4.69) is 15.6 Å². The summed E-state index contributed by atoms with van der Waals surface area (Å²) >= 11 is 7.10. The van der Waals surface area contributed by atoms with E-state index in [1.807, 2.05) is 18.2 Å². The van der Waals surface area contributed by atoms with Crippen LogP contribution < -0.4 is 15.4 Å². The Kier molecular flexibility index (Phi) is 6.69. The van der Waals surface area contributed by atoms with Crippen molar-refractivity contribution in [1.82, 2.24) is 5.32 Å². The molecular weight excluding hydrogens is 414 g/mol. The van der Waals surface area contributed by atoms with Crippen LogP contribution in [0.2, 0.25) is 5.02 Å². The average Bonchev–Trinajstić information content (AvgIpc) is 3.00. The molecule has 148 valence electrons. The number of halogens is 1. The second-order valence-corrected chi connectivity index (χ2v) is 7.37. The predicted molar refractivity (Wildman–Crippen MR) is 114 cm³/mol. The molecule has 0 aromatic heterocycles. The van der Waals surface area contributed by atoms with Crippen LogP contribution in [0.4, 0.5) is 5.69 Å². The summed E-state index contributed by atoms with van der Waals surface area (Å²) in [5.74, 6) is -0.744. The van der Waals surface area contributed by atoms with E-state index in [1.165, 1.54) is 6.92 Å². The van der Waals surface area contributed by atoms with E-state index in [0.29, 0.717) is 26.9 Å². The maximum atomic E-state index is 12.1. The summed E-state index contributed by atoms with van der Waals surface area (Å²) in [6.45, 7) is 1.11. The van der Waals surface area contributed by atoms with Crippen molar-refractivity contribution in [1.29, 1.82) is 0 Å². The highest BCUT2D eigenvalue weighted by molar-refractivity contribution is 8.18. The molecule has 2 aromatic rings. The fraction of sp³-hybridized carbons (Fsp3) is 0.100. The number of amidine groups is 1. The number of para-hydroxylation sites is 1. The Hall–Kier alpha value is -3.10. The first-order valence-electron chi connectivity index (χ1n) is 8.48. The van der Waals surface area contributed by atoms with Crippen molar-refractivity contribution in [2.75, 3.05) is 11.9 Å². The molecule has 1 aliphatic heterocycles. The standard InChI is InChI=1S/C20H16ClN3O4S/c1-12(25)22-20-24-19(27)17(29-20)10-13-9-14(21)7-8-16(13)28-11-18(26)23-15-5-3-2-4-6-15/h2-10H,11H2,1H3,(H,23,26)(H,22,24,25,27)/b17-10-. The van der Waals surface area contributed by atoms with Gasteiger partial charge in [-0.25, -0.2) is 0 Å². The van der Waals surface area contributed by atoms with Gasteiger partial charge in [0, 0.05) is 23.2 Å². The first-order chi connectivity index (χ1) is 13.9. The molecule has 0 fully saturated rings. The van der Waals surface area contributed by atoms with Gasteiger partial charge in [-0.05, 0) is 48.2 Å². The van der Waals surface area contributed by atoms with Gasteiger partial charge in [0.1, 0.15) is 5.75 Å². The summed E-state index contributed by atoms with van der Waals surface area (Å²) < 4.78 is 5.62. The van der Waals surface area contributed by atoms with Crippen molar-refractivity contribution < 1.29 is 19.1 Å². The van der Waals surface area contributed by atoms with Crippen LogP contribution in [0.1, 0.15) is 12.5 Å². The average molecular weight is 430 g/mol. The van der Waals surface area contributed by atoms with Crippen molar-refractivity contribution in [2.24, 2.45) is 4.99 Å².